The van der Waals surface area contributed by atoms with Gasteiger partial charge in [-0.1, -0.05) is 18.2 Å². The van der Waals surface area contributed by atoms with Crippen molar-refractivity contribution in [1.82, 2.24) is 4.57 Å². The van der Waals surface area contributed by atoms with Crippen molar-refractivity contribution in [2.45, 2.75) is 25.8 Å². The Morgan fingerprint density at radius 2 is 2.12 bits per heavy atom. The van der Waals surface area contributed by atoms with Crippen LogP contribution < -0.4 is 5.73 Å². The molecule has 0 saturated carbocycles. The van der Waals surface area contributed by atoms with Crippen LogP contribution in [0.5, 0.6) is 0 Å². The van der Waals surface area contributed by atoms with Crippen molar-refractivity contribution in [3.8, 4) is 6.07 Å². The van der Waals surface area contributed by atoms with Gasteiger partial charge >= 0.3 is 0 Å². The SMILES string of the molecule is N#CCCCn1cc(CCN)c2ccccc21. The van der Waals surface area contributed by atoms with Crippen molar-refractivity contribution in [3.05, 3.63) is 36.0 Å². The number of rotatable bonds is 5. The molecule has 1 aromatic carbocycles. The summed E-state index contributed by atoms with van der Waals surface area (Å²) in [6.45, 7) is 1.57. The summed E-state index contributed by atoms with van der Waals surface area (Å²) in [4.78, 5) is 0. The first-order valence-corrected chi connectivity index (χ1v) is 6.00. The minimum absolute atomic E-state index is 0.610. The van der Waals surface area contributed by atoms with Crippen molar-refractivity contribution in [2.24, 2.45) is 5.73 Å². The number of hydrogen-bond acceptors (Lipinski definition) is 2. The van der Waals surface area contributed by atoms with Crippen LogP contribution in [-0.4, -0.2) is 11.1 Å². The third-order valence-corrected chi connectivity index (χ3v) is 2.97. The molecule has 88 valence electrons. The quantitative estimate of drug-likeness (QED) is 0.798. The van der Waals surface area contributed by atoms with E-state index in [1.54, 1.807) is 0 Å². The number of hydrogen-bond donors (Lipinski definition) is 1. The van der Waals surface area contributed by atoms with E-state index in [2.05, 4.69) is 41.1 Å². The molecular formula is C14H17N3. The van der Waals surface area contributed by atoms with Gasteiger partial charge in [-0.2, -0.15) is 5.26 Å². The summed E-state index contributed by atoms with van der Waals surface area (Å²) in [5.41, 5.74) is 8.18. The van der Waals surface area contributed by atoms with E-state index in [-0.39, 0.29) is 0 Å². The minimum atomic E-state index is 0.610. The summed E-state index contributed by atoms with van der Waals surface area (Å²) in [5, 5.41) is 9.86. The smallest absolute Gasteiger partial charge is 0.0622 e. The molecule has 0 saturated heterocycles. The third-order valence-electron chi connectivity index (χ3n) is 2.97. The Morgan fingerprint density at radius 3 is 2.88 bits per heavy atom. The van der Waals surface area contributed by atoms with Crippen LogP contribution in [0.3, 0.4) is 0 Å². The number of unbranched alkanes of at least 4 members (excludes halogenated alkanes) is 1. The first-order valence-electron chi connectivity index (χ1n) is 6.00. The van der Waals surface area contributed by atoms with Crippen molar-refractivity contribution in [2.75, 3.05) is 6.54 Å². The van der Waals surface area contributed by atoms with Gasteiger partial charge < -0.3 is 10.3 Å². The van der Waals surface area contributed by atoms with Crippen LogP contribution in [-0.2, 0) is 13.0 Å². The van der Waals surface area contributed by atoms with Crippen LogP contribution in [0, 0.1) is 11.3 Å². The van der Waals surface area contributed by atoms with Gasteiger partial charge in [0, 0.05) is 30.1 Å². The van der Waals surface area contributed by atoms with Gasteiger partial charge in [-0.25, -0.2) is 0 Å². The van der Waals surface area contributed by atoms with Crippen molar-refractivity contribution in [3.63, 3.8) is 0 Å². The van der Waals surface area contributed by atoms with Gasteiger partial charge in [0.2, 0.25) is 0 Å². The summed E-state index contributed by atoms with van der Waals surface area (Å²) < 4.78 is 2.23. The number of benzene rings is 1. The van der Waals surface area contributed by atoms with Crippen LogP contribution in [0.15, 0.2) is 30.5 Å². The number of fused-ring (bicyclic) bond motifs is 1. The zero-order chi connectivity index (χ0) is 12.1. The molecule has 0 aliphatic heterocycles. The van der Waals surface area contributed by atoms with Crippen molar-refractivity contribution in [1.29, 1.82) is 5.26 Å². The third kappa shape index (κ3) is 2.48. The minimum Gasteiger partial charge on any atom is -0.347 e. The second-order valence-corrected chi connectivity index (χ2v) is 4.17. The zero-order valence-corrected chi connectivity index (χ0v) is 9.89. The summed E-state index contributed by atoms with van der Waals surface area (Å²) >= 11 is 0. The molecule has 0 atom stereocenters. The molecule has 2 N–H and O–H groups in total. The molecule has 0 bridgehead atoms. The summed E-state index contributed by atoms with van der Waals surface area (Å²) in [6.07, 6.45) is 4.59. The monoisotopic (exact) mass is 227 g/mol. The first kappa shape index (κ1) is 11.7. The molecule has 0 aliphatic carbocycles. The Kier molecular flexibility index (Phi) is 3.79. The fraction of sp³-hybridized carbons (Fsp3) is 0.357. The zero-order valence-electron chi connectivity index (χ0n) is 9.89. The Balaban J connectivity index is 2.32. The van der Waals surface area contributed by atoms with Gasteiger partial charge in [0.25, 0.3) is 0 Å². The highest BCUT2D eigenvalue weighted by atomic mass is 15.0. The molecule has 2 aromatic rings. The molecule has 3 nitrogen and oxygen atoms in total. The summed E-state index contributed by atoms with van der Waals surface area (Å²) in [7, 11) is 0. The van der Waals surface area contributed by atoms with Crippen LogP contribution in [0.2, 0.25) is 0 Å². The van der Waals surface area contributed by atoms with Gasteiger partial charge in [0.15, 0.2) is 0 Å². The second kappa shape index (κ2) is 5.51. The number of aryl methyl sites for hydroxylation is 1. The molecule has 3 heteroatoms. The van der Waals surface area contributed by atoms with Gasteiger partial charge in [-0.15, -0.1) is 0 Å². The van der Waals surface area contributed by atoms with E-state index in [9.17, 15) is 0 Å². The number of nitriles is 1. The Bertz CT molecular complexity index is 534. The maximum absolute atomic E-state index is 8.57. The second-order valence-electron chi connectivity index (χ2n) is 4.17. The first-order chi connectivity index (χ1) is 8.36. The lowest BCUT2D eigenvalue weighted by Gasteiger charge is -2.02. The highest BCUT2D eigenvalue weighted by Crippen LogP contribution is 2.22. The van der Waals surface area contributed by atoms with Crippen molar-refractivity contribution >= 4 is 10.9 Å². The molecule has 0 spiro atoms. The van der Waals surface area contributed by atoms with Crippen LogP contribution >= 0.6 is 0 Å². The largest absolute Gasteiger partial charge is 0.347 e. The number of nitrogens with two attached hydrogens (primary N) is 1. The Labute approximate surface area is 101 Å². The fourth-order valence-corrected chi connectivity index (χ4v) is 2.19. The van der Waals surface area contributed by atoms with E-state index in [4.69, 9.17) is 11.0 Å². The molecule has 1 heterocycles. The van der Waals surface area contributed by atoms with E-state index in [0.717, 1.165) is 19.4 Å². The Morgan fingerprint density at radius 1 is 1.29 bits per heavy atom. The normalized spacial score (nSPS) is 10.6. The number of aromatic nitrogens is 1. The average molecular weight is 227 g/mol. The summed E-state index contributed by atoms with van der Waals surface area (Å²) in [6, 6.07) is 10.6. The van der Waals surface area contributed by atoms with E-state index in [1.165, 1.54) is 16.5 Å². The highest BCUT2D eigenvalue weighted by Gasteiger charge is 2.06. The van der Waals surface area contributed by atoms with Gasteiger partial charge in [0.1, 0.15) is 0 Å². The standard InChI is InChI=1S/C14H17N3/c15-8-3-4-10-17-11-12(7-9-16)13-5-1-2-6-14(13)17/h1-2,5-6,11H,3-4,7,9-10,16H2. The van der Waals surface area contributed by atoms with Crippen LogP contribution in [0.1, 0.15) is 18.4 Å². The molecule has 0 unspecified atom stereocenters. The molecule has 17 heavy (non-hydrogen) atoms. The fourth-order valence-electron chi connectivity index (χ4n) is 2.19. The van der Waals surface area contributed by atoms with Gasteiger partial charge in [-0.3, -0.25) is 0 Å². The van der Waals surface area contributed by atoms with E-state index < -0.39 is 0 Å². The lowest BCUT2D eigenvalue weighted by atomic mass is 10.1. The summed E-state index contributed by atoms with van der Waals surface area (Å²) in [5.74, 6) is 0. The lowest BCUT2D eigenvalue weighted by Crippen LogP contribution is -2.02. The Hall–Kier alpha value is -1.79. The highest BCUT2D eigenvalue weighted by molar-refractivity contribution is 5.84. The average Bonchev–Trinajstić information content (AvgIpc) is 2.70. The van der Waals surface area contributed by atoms with Crippen LogP contribution in [0.25, 0.3) is 10.9 Å². The molecule has 0 aliphatic rings. The van der Waals surface area contributed by atoms with E-state index in [1.807, 2.05) is 0 Å². The molecular weight excluding hydrogens is 210 g/mol. The predicted octanol–water partition coefficient (Wildman–Crippen LogP) is 2.45. The molecule has 0 fully saturated rings. The maximum atomic E-state index is 8.57. The van der Waals surface area contributed by atoms with E-state index in [0.29, 0.717) is 13.0 Å². The number of nitrogens with zero attached hydrogens (tertiary/aromatic N) is 2. The van der Waals surface area contributed by atoms with Crippen molar-refractivity contribution < 1.29 is 0 Å². The van der Waals surface area contributed by atoms with Crippen LogP contribution in [0.4, 0.5) is 0 Å². The van der Waals surface area contributed by atoms with Gasteiger partial charge in [0.05, 0.1) is 6.07 Å². The molecule has 0 amide bonds. The topological polar surface area (TPSA) is 54.7 Å². The molecule has 0 radical (unpaired) electrons. The number of para-hydroxylation sites is 1. The maximum Gasteiger partial charge on any atom is 0.0622 e. The van der Waals surface area contributed by atoms with E-state index >= 15 is 0 Å². The molecule has 2 rings (SSSR count). The lowest BCUT2D eigenvalue weighted by molar-refractivity contribution is 0.672. The molecule has 1 aromatic heterocycles. The predicted molar refractivity (Wildman–Crippen MR) is 69.5 cm³/mol. The van der Waals surface area contributed by atoms with Gasteiger partial charge in [-0.05, 0) is 31.0 Å².